The fourth-order valence-corrected chi connectivity index (χ4v) is 1.41. The molecule has 14 heavy (non-hydrogen) atoms. The monoisotopic (exact) mass is 185 g/mol. The summed E-state index contributed by atoms with van der Waals surface area (Å²) in [4.78, 5) is 6.03. The lowest BCUT2D eigenvalue weighted by Gasteiger charge is -2.24. The van der Waals surface area contributed by atoms with Gasteiger partial charge in [0, 0.05) is 24.2 Å². The second kappa shape index (κ2) is 3.38. The van der Waals surface area contributed by atoms with Gasteiger partial charge in [0.2, 0.25) is 0 Å². The van der Waals surface area contributed by atoms with E-state index < -0.39 is 0 Å². The van der Waals surface area contributed by atoms with Crippen molar-refractivity contribution >= 4 is 11.9 Å². The number of hydrogen-bond acceptors (Lipinski definition) is 3. The molecule has 0 saturated heterocycles. The van der Waals surface area contributed by atoms with Crippen LogP contribution in [0.15, 0.2) is 54.1 Å². The number of hydrogen-bond donors (Lipinski definition) is 1. The second-order valence-electron chi connectivity index (χ2n) is 2.94. The number of anilines is 1. The zero-order valence-electron chi connectivity index (χ0n) is 7.72. The summed E-state index contributed by atoms with van der Waals surface area (Å²) >= 11 is 0. The molecule has 1 aliphatic rings. The van der Waals surface area contributed by atoms with Gasteiger partial charge in [-0.15, -0.1) is 0 Å². The minimum Gasteiger partial charge on any atom is -0.403 e. The first-order chi connectivity index (χ1) is 6.83. The number of para-hydroxylation sites is 1. The van der Waals surface area contributed by atoms with E-state index in [1.807, 2.05) is 29.2 Å². The smallest absolute Gasteiger partial charge is 0.129 e. The molecule has 0 atom stereocenters. The van der Waals surface area contributed by atoms with E-state index in [0.717, 1.165) is 11.3 Å². The van der Waals surface area contributed by atoms with E-state index in [1.165, 1.54) is 6.20 Å². The molecule has 1 aromatic carbocycles. The zero-order chi connectivity index (χ0) is 9.97. The topological polar surface area (TPSA) is 41.6 Å². The van der Waals surface area contributed by atoms with Crippen LogP contribution in [0.25, 0.3) is 0 Å². The molecule has 0 spiro atoms. The van der Waals surface area contributed by atoms with Gasteiger partial charge in [-0.25, -0.2) is 4.99 Å². The first kappa shape index (κ1) is 8.56. The number of nitrogens with zero attached hydrogens (tertiary/aromatic N) is 2. The maximum Gasteiger partial charge on any atom is 0.129 e. The van der Waals surface area contributed by atoms with Crippen molar-refractivity contribution in [3.63, 3.8) is 0 Å². The number of nitrogens with two attached hydrogens (primary N) is 1. The van der Waals surface area contributed by atoms with E-state index in [9.17, 15) is 0 Å². The molecule has 0 unspecified atom stereocenters. The molecule has 0 radical (unpaired) electrons. The van der Waals surface area contributed by atoms with Crippen LogP contribution in [-0.4, -0.2) is 6.21 Å². The fourth-order valence-electron chi connectivity index (χ4n) is 1.41. The highest BCUT2D eigenvalue weighted by Gasteiger charge is 2.13. The lowest BCUT2D eigenvalue weighted by molar-refractivity contribution is 1.10. The highest BCUT2D eigenvalue weighted by Crippen LogP contribution is 2.26. The summed E-state index contributed by atoms with van der Waals surface area (Å²) in [6.45, 7) is 3.83. The Labute approximate surface area is 82.9 Å². The molecular weight excluding hydrogens is 174 g/mol. The Hall–Kier alpha value is -2.03. The van der Waals surface area contributed by atoms with E-state index in [1.54, 1.807) is 12.4 Å². The summed E-state index contributed by atoms with van der Waals surface area (Å²) < 4.78 is 0. The van der Waals surface area contributed by atoms with Crippen molar-refractivity contribution in [3.8, 4) is 0 Å². The Morgan fingerprint density at radius 3 is 2.93 bits per heavy atom. The lowest BCUT2D eigenvalue weighted by Crippen LogP contribution is -2.18. The molecule has 2 N–H and O–H groups in total. The predicted octanol–water partition coefficient (Wildman–Crippen LogP) is 1.83. The van der Waals surface area contributed by atoms with Crippen molar-refractivity contribution in [3.05, 3.63) is 54.6 Å². The van der Waals surface area contributed by atoms with Gasteiger partial charge in [0.05, 0.1) is 5.69 Å². The van der Waals surface area contributed by atoms with Gasteiger partial charge in [0.1, 0.15) is 5.82 Å². The largest absolute Gasteiger partial charge is 0.403 e. The van der Waals surface area contributed by atoms with Crippen LogP contribution in [0.4, 0.5) is 5.69 Å². The quantitative estimate of drug-likeness (QED) is 0.725. The van der Waals surface area contributed by atoms with Crippen LogP contribution in [-0.2, 0) is 0 Å². The summed E-state index contributed by atoms with van der Waals surface area (Å²) in [6.07, 6.45) is 5.03. The van der Waals surface area contributed by atoms with Crippen molar-refractivity contribution < 1.29 is 0 Å². The second-order valence-corrected chi connectivity index (χ2v) is 2.94. The van der Waals surface area contributed by atoms with Crippen molar-refractivity contribution in [2.75, 3.05) is 4.90 Å². The minimum atomic E-state index is 0.672. The molecule has 0 aliphatic carbocycles. The maximum atomic E-state index is 5.36. The molecule has 1 aliphatic heterocycles. The fraction of sp³-hybridized carbons (Fsp3) is 0. The molecule has 2 rings (SSSR count). The van der Waals surface area contributed by atoms with Crippen LogP contribution < -0.4 is 10.6 Å². The standard InChI is InChI=1S/C11H11N3/c1-9-13-8-10-4-2-3-5-11(10)14(9)7-6-12/h2-8H,1,12H2/b7-6-. The molecule has 0 amide bonds. The van der Waals surface area contributed by atoms with Gasteiger partial charge in [0.15, 0.2) is 0 Å². The SMILES string of the molecule is C=C1N=Cc2ccccc2N1/C=C\N. The number of fused-ring (bicyclic) bond motifs is 1. The van der Waals surface area contributed by atoms with Crippen LogP contribution in [0, 0.1) is 0 Å². The van der Waals surface area contributed by atoms with E-state index in [-0.39, 0.29) is 0 Å². The molecule has 0 saturated carbocycles. The predicted molar refractivity (Wildman–Crippen MR) is 59.0 cm³/mol. The third-order valence-electron chi connectivity index (χ3n) is 2.06. The Kier molecular flexibility index (Phi) is 2.07. The first-order valence-corrected chi connectivity index (χ1v) is 4.32. The lowest BCUT2D eigenvalue weighted by atomic mass is 10.1. The Morgan fingerprint density at radius 2 is 2.14 bits per heavy atom. The summed E-state index contributed by atoms with van der Waals surface area (Å²) in [6, 6.07) is 7.96. The molecule has 1 aromatic rings. The summed E-state index contributed by atoms with van der Waals surface area (Å²) in [5, 5.41) is 0. The molecule has 0 aromatic heterocycles. The van der Waals surface area contributed by atoms with E-state index in [4.69, 9.17) is 5.73 Å². The first-order valence-electron chi connectivity index (χ1n) is 4.32. The Bertz CT molecular complexity index is 418. The van der Waals surface area contributed by atoms with Gasteiger partial charge in [-0.05, 0) is 6.07 Å². The van der Waals surface area contributed by atoms with E-state index in [0.29, 0.717) is 5.82 Å². The molecular formula is C11H11N3. The molecule has 0 bridgehead atoms. The van der Waals surface area contributed by atoms with Crippen LogP contribution in [0.1, 0.15) is 5.56 Å². The molecule has 0 fully saturated rings. The number of aliphatic imine (C=N–C) groups is 1. The zero-order valence-corrected chi connectivity index (χ0v) is 7.72. The molecule has 70 valence electrons. The van der Waals surface area contributed by atoms with Crippen molar-refractivity contribution in [1.29, 1.82) is 0 Å². The maximum absolute atomic E-state index is 5.36. The average molecular weight is 185 g/mol. The van der Waals surface area contributed by atoms with Gasteiger partial charge in [-0.1, -0.05) is 24.8 Å². The van der Waals surface area contributed by atoms with Gasteiger partial charge in [-0.3, -0.25) is 0 Å². The summed E-state index contributed by atoms with van der Waals surface area (Å²) in [5.41, 5.74) is 7.48. The third kappa shape index (κ3) is 1.29. The van der Waals surface area contributed by atoms with Gasteiger partial charge in [-0.2, -0.15) is 0 Å². The Balaban J connectivity index is 2.53. The highest BCUT2D eigenvalue weighted by atomic mass is 15.2. The summed E-state index contributed by atoms with van der Waals surface area (Å²) in [5.74, 6) is 0.672. The van der Waals surface area contributed by atoms with Crippen molar-refractivity contribution in [2.45, 2.75) is 0 Å². The Morgan fingerprint density at radius 1 is 1.36 bits per heavy atom. The van der Waals surface area contributed by atoms with Gasteiger partial charge >= 0.3 is 0 Å². The molecule has 1 heterocycles. The van der Waals surface area contributed by atoms with Crippen molar-refractivity contribution in [1.82, 2.24) is 0 Å². The van der Waals surface area contributed by atoms with Gasteiger partial charge in [0.25, 0.3) is 0 Å². The van der Waals surface area contributed by atoms with Crippen molar-refractivity contribution in [2.24, 2.45) is 10.7 Å². The van der Waals surface area contributed by atoms with Crippen LogP contribution in [0.3, 0.4) is 0 Å². The van der Waals surface area contributed by atoms with Gasteiger partial charge < -0.3 is 10.6 Å². The van der Waals surface area contributed by atoms with Crippen LogP contribution in [0.5, 0.6) is 0 Å². The van der Waals surface area contributed by atoms with Crippen LogP contribution >= 0.6 is 0 Å². The minimum absolute atomic E-state index is 0.672. The number of benzene rings is 1. The van der Waals surface area contributed by atoms with Crippen LogP contribution in [0.2, 0.25) is 0 Å². The van der Waals surface area contributed by atoms with E-state index in [2.05, 4.69) is 11.6 Å². The number of rotatable bonds is 1. The molecule has 3 nitrogen and oxygen atoms in total. The summed E-state index contributed by atoms with van der Waals surface area (Å²) in [7, 11) is 0. The van der Waals surface area contributed by atoms with E-state index >= 15 is 0 Å². The normalized spacial score (nSPS) is 14.9. The highest BCUT2D eigenvalue weighted by molar-refractivity contribution is 5.92. The molecule has 3 heteroatoms. The average Bonchev–Trinajstić information content (AvgIpc) is 2.23. The third-order valence-corrected chi connectivity index (χ3v) is 2.06.